The van der Waals surface area contributed by atoms with Crippen molar-refractivity contribution in [3.63, 3.8) is 0 Å². The average molecular weight is 353 g/mol. The molecule has 0 saturated heterocycles. The van der Waals surface area contributed by atoms with Crippen LogP contribution in [0.15, 0.2) is 12.1 Å². The predicted octanol–water partition coefficient (Wildman–Crippen LogP) is 5.50. The summed E-state index contributed by atoms with van der Waals surface area (Å²) in [6, 6.07) is 3.21. The summed E-state index contributed by atoms with van der Waals surface area (Å²) in [4.78, 5) is 0. The van der Waals surface area contributed by atoms with Gasteiger partial charge >= 0.3 is 0 Å². The molecule has 1 aromatic rings. The lowest BCUT2D eigenvalue weighted by molar-refractivity contribution is -0.207. The van der Waals surface area contributed by atoms with Gasteiger partial charge < -0.3 is 5.11 Å². The van der Waals surface area contributed by atoms with E-state index in [1.807, 2.05) is 0 Å². The zero-order chi connectivity index (χ0) is 15.5. The SMILES string of the molecule is CC(CP=C([O-])c1c(Cl)ccc(Cl)c1Cl)CC(C)(C)C. The molecule has 0 fully saturated rings. The van der Waals surface area contributed by atoms with Crippen LogP contribution in [0.25, 0.3) is 0 Å². The second-order valence-electron chi connectivity index (χ2n) is 6.23. The van der Waals surface area contributed by atoms with E-state index in [0.29, 0.717) is 29.7 Å². The third-order valence-corrected chi connectivity index (χ3v) is 5.20. The molecule has 0 radical (unpaired) electrons. The van der Waals surface area contributed by atoms with Gasteiger partial charge in [0.25, 0.3) is 0 Å². The van der Waals surface area contributed by atoms with E-state index in [-0.39, 0.29) is 15.9 Å². The Bertz CT molecular complexity index is 507. The molecule has 0 aliphatic rings. The average Bonchev–Trinajstić information content (AvgIpc) is 2.30. The maximum atomic E-state index is 12.3. The first-order valence-corrected chi connectivity index (χ1v) is 8.68. The minimum Gasteiger partial charge on any atom is -0.823 e. The molecule has 0 heterocycles. The van der Waals surface area contributed by atoms with Crippen LogP contribution in [0.5, 0.6) is 0 Å². The molecule has 1 nitrogen and oxygen atoms in total. The lowest BCUT2D eigenvalue weighted by Crippen LogP contribution is -2.19. The quantitative estimate of drug-likeness (QED) is 0.518. The summed E-state index contributed by atoms with van der Waals surface area (Å²) in [5.74, 6) is 0.470. The minimum atomic E-state index is -0.0664. The van der Waals surface area contributed by atoms with Crippen molar-refractivity contribution in [2.24, 2.45) is 11.3 Å². The van der Waals surface area contributed by atoms with Gasteiger partial charge in [0.15, 0.2) is 0 Å². The third-order valence-electron chi connectivity index (χ3n) is 2.77. The molecule has 1 unspecified atom stereocenters. The van der Waals surface area contributed by atoms with Crippen LogP contribution in [-0.2, 0) is 0 Å². The maximum absolute atomic E-state index is 12.3. The van der Waals surface area contributed by atoms with E-state index >= 15 is 0 Å². The van der Waals surface area contributed by atoms with Crippen LogP contribution in [0.3, 0.4) is 0 Å². The fraction of sp³-hybridized carbons (Fsp3) is 0.533. The number of benzene rings is 1. The van der Waals surface area contributed by atoms with E-state index < -0.39 is 0 Å². The highest BCUT2D eigenvalue weighted by Gasteiger charge is 2.15. The molecule has 0 saturated carbocycles. The van der Waals surface area contributed by atoms with Crippen LogP contribution in [-0.4, -0.2) is 11.6 Å². The highest BCUT2D eigenvalue weighted by molar-refractivity contribution is 7.40. The van der Waals surface area contributed by atoms with Gasteiger partial charge in [-0.2, -0.15) is 0 Å². The first-order chi connectivity index (χ1) is 9.11. The number of hydrogen-bond acceptors (Lipinski definition) is 1. The number of rotatable bonds is 4. The van der Waals surface area contributed by atoms with E-state index in [9.17, 15) is 5.11 Å². The molecule has 1 atom stereocenters. The highest BCUT2D eigenvalue weighted by atomic mass is 35.5. The zero-order valence-electron chi connectivity index (χ0n) is 12.1. The monoisotopic (exact) mass is 351 g/mol. The molecule has 112 valence electrons. The Morgan fingerprint density at radius 1 is 1.20 bits per heavy atom. The molecule has 0 spiro atoms. The summed E-state index contributed by atoms with van der Waals surface area (Å²) in [7, 11) is 0.711. The fourth-order valence-electron chi connectivity index (χ4n) is 2.15. The third kappa shape index (κ3) is 5.54. The molecule has 0 aliphatic heterocycles. The van der Waals surface area contributed by atoms with E-state index in [4.69, 9.17) is 34.8 Å². The maximum Gasteiger partial charge on any atom is 0.0672 e. The summed E-state index contributed by atoms with van der Waals surface area (Å²) in [6.07, 6.45) is 1.87. The van der Waals surface area contributed by atoms with Crippen molar-refractivity contribution in [1.82, 2.24) is 0 Å². The Balaban J connectivity index is 2.88. The summed E-state index contributed by atoms with van der Waals surface area (Å²) in [5.41, 5.74) is 0.539. The van der Waals surface area contributed by atoms with Crippen LogP contribution in [0.1, 0.15) is 39.7 Å². The summed E-state index contributed by atoms with van der Waals surface area (Å²) < 4.78 is 0. The van der Waals surface area contributed by atoms with Crippen molar-refractivity contribution in [1.29, 1.82) is 0 Å². The van der Waals surface area contributed by atoms with Gasteiger partial charge in [-0.25, -0.2) is 0 Å². The van der Waals surface area contributed by atoms with Gasteiger partial charge in [0.2, 0.25) is 0 Å². The van der Waals surface area contributed by atoms with Crippen molar-refractivity contribution in [3.8, 4) is 0 Å². The topological polar surface area (TPSA) is 23.1 Å². The molecule has 20 heavy (non-hydrogen) atoms. The summed E-state index contributed by atoms with van der Waals surface area (Å²) >= 11 is 18.1. The molecule has 1 rings (SSSR count). The van der Waals surface area contributed by atoms with Crippen molar-refractivity contribution in [2.75, 3.05) is 6.16 Å². The molecule has 5 heteroatoms. The van der Waals surface area contributed by atoms with E-state index in [0.717, 1.165) is 12.6 Å². The molecule has 1 aromatic carbocycles. The van der Waals surface area contributed by atoms with E-state index in [1.165, 1.54) is 0 Å². The fourth-order valence-corrected chi connectivity index (χ4v) is 3.98. The van der Waals surface area contributed by atoms with Gasteiger partial charge in [0.05, 0.1) is 10.0 Å². The van der Waals surface area contributed by atoms with Crippen molar-refractivity contribution in [3.05, 3.63) is 32.8 Å². The lowest BCUT2D eigenvalue weighted by atomic mass is 9.86. The van der Waals surface area contributed by atoms with Crippen molar-refractivity contribution >= 4 is 48.5 Å². The van der Waals surface area contributed by atoms with Gasteiger partial charge in [-0.15, -0.1) is 13.7 Å². The van der Waals surface area contributed by atoms with Crippen molar-refractivity contribution < 1.29 is 5.11 Å². The lowest BCUT2D eigenvalue weighted by Gasteiger charge is -2.23. The zero-order valence-corrected chi connectivity index (χ0v) is 15.3. The first kappa shape index (κ1) is 18.3. The van der Waals surface area contributed by atoms with Gasteiger partial charge in [0, 0.05) is 10.6 Å². The molecule has 0 N–H and O–H groups in total. The Morgan fingerprint density at radius 2 is 1.75 bits per heavy atom. The van der Waals surface area contributed by atoms with Gasteiger partial charge in [-0.1, -0.05) is 62.5 Å². The predicted molar refractivity (Wildman–Crippen MR) is 90.6 cm³/mol. The first-order valence-electron chi connectivity index (χ1n) is 6.47. The minimum absolute atomic E-state index is 0.0664. The van der Waals surface area contributed by atoms with Crippen LogP contribution >= 0.6 is 43.0 Å². The smallest absolute Gasteiger partial charge is 0.0672 e. The van der Waals surface area contributed by atoms with Gasteiger partial charge in [-0.3, -0.25) is 0 Å². The second kappa shape index (κ2) is 7.47. The van der Waals surface area contributed by atoms with Crippen LogP contribution in [0.2, 0.25) is 15.1 Å². The van der Waals surface area contributed by atoms with Gasteiger partial charge in [0.1, 0.15) is 0 Å². The van der Waals surface area contributed by atoms with E-state index in [2.05, 4.69) is 27.7 Å². The van der Waals surface area contributed by atoms with Crippen LogP contribution in [0.4, 0.5) is 0 Å². The Kier molecular flexibility index (Phi) is 6.83. The number of hydrogen-bond donors (Lipinski definition) is 0. The molecule has 0 aliphatic carbocycles. The van der Waals surface area contributed by atoms with Gasteiger partial charge in [-0.05, 0) is 36.0 Å². The summed E-state index contributed by atoms with van der Waals surface area (Å²) in [6.45, 7) is 8.76. The van der Waals surface area contributed by atoms with Crippen LogP contribution < -0.4 is 5.11 Å². The number of halogens is 3. The standard InChI is InChI=1S/C15H20Cl3OP/c1-9(7-15(2,3)4)8-20-14(19)12-10(16)5-6-11(17)13(12)18/h5-6,9,19H,7-8H2,1-4H3/p-1. The Morgan fingerprint density at radius 3 is 2.30 bits per heavy atom. The van der Waals surface area contributed by atoms with Crippen molar-refractivity contribution in [2.45, 2.75) is 34.1 Å². The normalized spacial score (nSPS) is 14.5. The molecule has 0 amide bonds. The molecule has 0 bridgehead atoms. The highest BCUT2D eigenvalue weighted by Crippen LogP contribution is 2.33. The molecular formula is C15H19Cl3OP-. The van der Waals surface area contributed by atoms with E-state index in [1.54, 1.807) is 12.1 Å². The molecule has 0 aromatic heterocycles. The Hall–Kier alpha value is 0.220. The largest absolute Gasteiger partial charge is 0.823 e. The second-order valence-corrected chi connectivity index (χ2v) is 8.51. The summed E-state index contributed by atoms with van der Waals surface area (Å²) in [5, 5.41) is 13.2. The van der Waals surface area contributed by atoms with Crippen LogP contribution in [0, 0.1) is 11.3 Å². The molecular weight excluding hydrogens is 333 g/mol. The Labute approximate surface area is 138 Å².